The van der Waals surface area contributed by atoms with Crippen LogP contribution in [0.3, 0.4) is 0 Å². The Morgan fingerprint density at radius 3 is 2.52 bits per heavy atom. The highest BCUT2D eigenvalue weighted by Gasteiger charge is 2.31. The van der Waals surface area contributed by atoms with Crippen LogP contribution in [0.4, 0.5) is 18.3 Å². The quantitative estimate of drug-likeness (QED) is 0.718. The molecular weight excluding hydrogens is 383 g/mol. The van der Waals surface area contributed by atoms with Crippen LogP contribution in [0.2, 0.25) is 0 Å². The maximum absolute atomic E-state index is 12.8. The van der Waals surface area contributed by atoms with Gasteiger partial charge in [0.1, 0.15) is 5.69 Å². The Bertz CT molecular complexity index is 1080. The molecule has 1 N–H and O–H groups in total. The number of fused-ring (bicyclic) bond motifs is 1. The van der Waals surface area contributed by atoms with Gasteiger partial charge in [0, 0.05) is 11.0 Å². The lowest BCUT2D eigenvalue weighted by atomic mass is 9.93. The molecule has 0 radical (unpaired) electrons. The highest BCUT2D eigenvalue weighted by Crippen LogP contribution is 2.29. The Kier molecular flexibility index (Phi) is 4.50. The lowest BCUT2D eigenvalue weighted by molar-refractivity contribution is -0.137. The van der Waals surface area contributed by atoms with E-state index >= 15 is 0 Å². The number of nitrogens with one attached hydrogen (secondary N) is 1. The van der Waals surface area contributed by atoms with Crippen molar-refractivity contribution < 1.29 is 18.0 Å². The van der Waals surface area contributed by atoms with Crippen LogP contribution >= 0.6 is 11.3 Å². The van der Waals surface area contributed by atoms with Crippen molar-refractivity contribution in [1.82, 2.24) is 19.8 Å². The molecule has 1 amide bonds. The molecule has 3 aromatic rings. The molecule has 0 spiro atoms. The molecule has 2 heterocycles. The number of carbonyl (C=O) groups is 1. The van der Waals surface area contributed by atoms with Crippen molar-refractivity contribution in [3.63, 3.8) is 0 Å². The van der Waals surface area contributed by atoms with Crippen molar-refractivity contribution in [2.75, 3.05) is 5.32 Å². The van der Waals surface area contributed by atoms with Gasteiger partial charge in [-0.15, -0.1) is 15.3 Å². The molecule has 7 nitrogen and oxygen atoms in total. The van der Waals surface area contributed by atoms with E-state index in [-0.39, 0.29) is 21.3 Å². The molecule has 0 saturated carbocycles. The average molecular weight is 397 g/mol. The van der Waals surface area contributed by atoms with Crippen molar-refractivity contribution in [3.8, 4) is 0 Å². The Hall–Kier alpha value is -2.82. The molecule has 0 aliphatic rings. The summed E-state index contributed by atoms with van der Waals surface area (Å²) in [5.41, 5.74) is -1.92. The Morgan fingerprint density at radius 2 is 1.89 bits per heavy atom. The van der Waals surface area contributed by atoms with Crippen molar-refractivity contribution in [1.29, 1.82) is 0 Å². The molecule has 0 aliphatic carbocycles. The summed E-state index contributed by atoms with van der Waals surface area (Å²) in [4.78, 5) is 24.9. The normalized spacial score (nSPS) is 12.4. The fourth-order valence-corrected chi connectivity index (χ4v) is 2.97. The second-order valence-corrected chi connectivity index (χ2v) is 7.69. The minimum atomic E-state index is -4.56. The van der Waals surface area contributed by atoms with E-state index in [0.29, 0.717) is 0 Å². The van der Waals surface area contributed by atoms with Gasteiger partial charge in [0.05, 0.1) is 5.56 Å². The van der Waals surface area contributed by atoms with Crippen molar-refractivity contribution in [2.24, 2.45) is 0 Å². The summed E-state index contributed by atoms with van der Waals surface area (Å²) in [5.74, 6) is -0.780. The molecule has 2 aromatic heterocycles. The molecular formula is C16H14F3N5O2S. The first kappa shape index (κ1) is 19.0. The van der Waals surface area contributed by atoms with E-state index in [1.54, 1.807) is 20.8 Å². The lowest BCUT2D eigenvalue weighted by Crippen LogP contribution is -2.30. The van der Waals surface area contributed by atoms with Gasteiger partial charge in [0.15, 0.2) is 0 Å². The van der Waals surface area contributed by atoms with Crippen LogP contribution in [0.5, 0.6) is 0 Å². The summed E-state index contributed by atoms with van der Waals surface area (Å²) >= 11 is 0.888. The van der Waals surface area contributed by atoms with E-state index in [2.05, 4.69) is 20.6 Å². The number of halogens is 3. The maximum Gasteiger partial charge on any atom is 0.416 e. The summed E-state index contributed by atoms with van der Waals surface area (Å²) in [7, 11) is 0. The number of aromatic nitrogens is 4. The van der Waals surface area contributed by atoms with E-state index in [0.717, 1.165) is 34.1 Å². The number of benzene rings is 1. The fourth-order valence-electron chi connectivity index (χ4n) is 2.24. The smallest absolute Gasteiger partial charge is 0.296 e. The predicted octanol–water partition coefficient (Wildman–Crippen LogP) is 3.11. The highest BCUT2D eigenvalue weighted by molar-refractivity contribution is 7.20. The van der Waals surface area contributed by atoms with E-state index in [1.807, 2.05) is 0 Å². The standard InChI is InChI=1S/C16H14F3N5O2S/c1-15(2,3)10-12(26)24-14(22-21-10)27-13(23-24)20-11(25)8-5-4-6-9(7-8)16(17,18)19/h4-7H,1-3H3,(H,20,23,25). The topological polar surface area (TPSA) is 89.2 Å². The zero-order chi connectivity index (χ0) is 20.0. The third kappa shape index (κ3) is 3.82. The van der Waals surface area contributed by atoms with Gasteiger partial charge in [-0.25, -0.2) is 0 Å². The predicted molar refractivity (Wildman–Crippen MR) is 93.0 cm³/mol. The number of hydrogen-bond donors (Lipinski definition) is 1. The van der Waals surface area contributed by atoms with Crippen LogP contribution in [-0.4, -0.2) is 25.7 Å². The number of anilines is 1. The van der Waals surface area contributed by atoms with Gasteiger partial charge in [0.25, 0.3) is 11.5 Å². The van der Waals surface area contributed by atoms with Crippen LogP contribution in [0.25, 0.3) is 4.96 Å². The molecule has 11 heteroatoms. The van der Waals surface area contributed by atoms with Gasteiger partial charge in [-0.3, -0.25) is 14.9 Å². The van der Waals surface area contributed by atoms with Gasteiger partial charge in [0.2, 0.25) is 10.1 Å². The molecule has 0 saturated heterocycles. The summed E-state index contributed by atoms with van der Waals surface area (Å²) in [5, 5.41) is 14.2. The van der Waals surface area contributed by atoms with Crippen LogP contribution in [0, 0.1) is 0 Å². The first-order valence-electron chi connectivity index (χ1n) is 7.72. The maximum atomic E-state index is 12.8. The number of rotatable bonds is 2. The first-order chi connectivity index (χ1) is 12.5. The second kappa shape index (κ2) is 6.41. The molecule has 0 aliphatic heterocycles. The van der Waals surface area contributed by atoms with Crippen molar-refractivity contribution in [3.05, 3.63) is 51.4 Å². The largest absolute Gasteiger partial charge is 0.416 e. The summed E-state index contributed by atoms with van der Waals surface area (Å²) in [6, 6.07) is 4.01. The average Bonchev–Trinajstić information content (AvgIpc) is 2.97. The van der Waals surface area contributed by atoms with Gasteiger partial charge in [-0.2, -0.15) is 17.7 Å². The van der Waals surface area contributed by atoms with Gasteiger partial charge in [-0.05, 0) is 18.2 Å². The Balaban J connectivity index is 1.92. The number of carbonyl (C=O) groups excluding carboxylic acids is 1. The van der Waals surface area contributed by atoms with E-state index < -0.39 is 28.6 Å². The van der Waals surface area contributed by atoms with Crippen LogP contribution in [0.15, 0.2) is 29.1 Å². The van der Waals surface area contributed by atoms with Crippen molar-refractivity contribution in [2.45, 2.75) is 32.4 Å². The molecule has 0 unspecified atom stereocenters. The Labute approximate surface area is 154 Å². The minimum Gasteiger partial charge on any atom is -0.296 e. The first-order valence-corrected chi connectivity index (χ1v) is 8.54. The summed E-state index contributed by atoms with van der Waals surface area (Å²) in [6.45, 7) is 5.40. The fraction of sp³-hybridized carbons (Fsp3) is 0.312. The minimum absolute atomic E-state index is 0.0230. The molecule has 142 valence electrons. The van der Waals surface area contributed by atoms with Gasteiger partial charge < -0.3 is 0 Å². The SMILES string of the molecule is CC(C)(C)c1nnc2sc(NC(=O)c3cccc(C(F)(F)F)c3)nn2c1=O. The van der Waals surface area contributed by atoms with Crippen LogP contribution in [-0.2, 0) is 11.6 Å². The van der Waals surface area contributed by atoms with Gasteiger partial charge in [-0.1, -0.05) is 38.2 Å². The number of nitrogens with zero attached hydrogens (tertiary/aromatic N) is 4. The zero-order valence-corrected chi connectivity index (χ0v) is 15.3. The zero-order valence-electron chi connectivity index (χ0n) is 14.5. The van der Waals surface area contributed by atoms with E-state index in [1.165, 1.54) is 6.07 Å². The van der Waals surface area contributed by atoms with Gasteiger partial charge >= 0.3 is 6.18 Å². The molecule has 0 fully saturated rings. The monoisotopic (exact) mass is 397 g/mol. The third-order valence-electron chi connectivity index (χ3n) is 3.57. The van der Waals surface area contributed by atoms with Crippen LogP contribution < -0.4 is 10.9 Å². The third-order valence-corrected chi connectivity index (χ3v) is 4.39. The van der Waals surface area contributed by atoms with Crippen LogP contribution in [0.1, 0.15) is 42.4 Å². The molecule has 1 aromatic carbocycles. The molecule has 3 rings (SSSR count). The number of amides is 1. The Morgan fingerprint density at radius 1 is 1.19 bits per heavy atom. The van der Waals surface area contributed by atoms with E-state index in [9.17, 15) is 22.8 Å². The van der Waals surface area contributed by atoms with E-state index in [4.69, 9.17) is 0 Å². The lowest BCUT2D eigenvalue weighted by Gasteiger charge is -2.14. The molecule has 27 heavy (non-hydrogen) atoms. The number of hydrogen-bond acceptors (Lipinski definition) is 6. The highest BCUT2D eigenvalue weighted by atomic mass is 32.1. The summed E-state index contributed by atoms with van der Waals surface area (Å²) < 4.78 is 39.4. The molecule has 0 bridgehead atoms. The number of alkyl halides is 3. The van der Waals surface area contributed by atoms with Crippen molar-refractivity contribution >= 4 is 27.3 Å². The second-order valence-electron chi connectivity index (χ2n) is 6.74. The summed E-state index contributed by atoms with van der Waals surface area (Å²) in [6.07, 6.45) is -4.56. The molecule has 0 atom stereocenters.